The van der Waals surface area contributed by atoms with Gasteiger partial charge in [-0.1, -0.05) is 0 Å². The topological polar surface area (TPSA) is 37.8 Å². The molecular weight excluding hydrogens is 162 g/mol. The highest BCUT2D eigenvalue weighted by molar-refractivity contribution is 5.24. The van der Waals surface area contributed by atoms with Gasteiger partial charge in [0.05, 0.1) is 0 Å². The summed E-state index contributed by atoms with van der Waals surface area (Å²) < 4.78 is 0. The number of aromatic nitrogens is 2. The quantitative estimate of drug-likeness (QED) is 0.688. The number of rotatable bonds is 1. The van der Waals surface area contributed by atoms with Gasteiger partial charge in [-0.3, -0.25) is 0 Å². The number of nitrogens with zero attached hydrogens (tertiary/aromatic N) is 2. The van der Waals surface area contributed by atoms with E-state index >= 15 is 0 Å². The van der Waals surface area contributed by atoms with Gasteiger partial charge in [0, 0.05) is 36.3 Å². The first-order valence-corrected chi connectivity index (χ1v) is 4.80. The average Bonchev–Trinajstić information content (AvgIpc) is 2.77. The molecule has 1 spiro atoms. The molecule has 2 heterocycles. The molecule has 1 saturated carbocycles. The maximum absolute atomic E-state index is 4.47. The summed E-state index contributed by atoms with van der Waals surface area (Å²) in [4.78, 5) is 8.81. The molecule has 1 atom stereocenters. The molecule has 1 aromatic heterocycles. The molecule has 3 heteroatoms. The Kier molecular flexibility index (Phi) is 1.31. The molecule has 0 amide bonds. The molecule has 1 saturated heterocycles. The highest BCUT2D eigenvalue weighted by Gasteiger charge is 2.59. The molecule has 1 aliphatic heterocycles. The molecule has 13 heavy (non-hydrogen) atoms. The summed E-state index contributed by atoms with van der Waals surface area (Å²) in [6.45, 7) is 4.35. The summed E-state index contributed by atoms with van der Waals surface area (Å²) in [5, 5.41) is 3.32. The first kappa shape index (κ1) is 7.44. The van der Waals surface area contributed by atoms with Crippen molar-refractivity contribution in [1.29, 1.82) is 0 Å². The van der Waals surface area contributed by atoms with Crippen molar-refractivity contribution in [2.45, 2.75) is 19.3 Å². The van der Waals surface area contributed by atoms with Gasteiger partial charge in [0.1, 0.15) is 5.82 Å². The summed E-state index contributed by atoms with van der Waals surface area (Å²) in [6, 6.07) is 1.96. The summed E-state index contributed by atoms with van der Waals surface area (Å²) in [7, 11) is 0. The smallest absolute Gasteiger partial charge is 0.132 e. The molecule has 1 unspecified atom stereocenters. The van der Waals surface area contributed by atoms with Crippen LogP contribution in [0.3, 0.4) is 0 Å². The zero-order valence-electron chi connectivity index (χ0n) is 7.75. The first-order chi connectivity index (χ1) is 6.30. The third kappa shape index (κ3) is 1.000. The van der Waals surface area contributed by atoms with Crippen LogP contribution in [0.1, 0.15) is 23.9 Å². The fraction of sp³-hybridized carbons (Fsp3) is 0.600. The maximum Gasteiger partial charge on any atom is 0.132 e. The molecule has 1 aromatic rings. The van der Waals surface area contributed by atoms with Crippen LogP contribution in [0.25, 0.3) is 0 Å². The summed E-state index contributed by atoms with van der Waals surface area (Å²) in [6.07, 6.45) is 3.15. The molecule has 0 bridgehead atoms. The van der Waals surface area contributed by atoms with Gasteiger partial charge in [0.15, 0.2) is 0 Å². The van der Waals surface area contributed by atoms with Crippen molar-refractivity contribution in [1.82, 2.24) is 15.3 Å². The van der Waals surface area contributed by atoms with Crippen molar-refractivity contribution in [3.8, 4) is 0 Å². The third-order valence-corrected chi connectivity index (χ3v) is 3.27. The summed E-state index contributed by atoms with van der Waals surface area (Å²) >= 11 is 0. The molecule has 2 aliphatic rings. The summed E-state index contributed by atoms with van der Waals surface area (Å²) in [5.41, 5.74) is 1.63. The largest absolute Gasteiger partial charge is 0.315 e. The van der Waals surface area contributed by atoms with Gasteiger partial charge >= 0.3 is 0 Å². The van der Waals surface area contributed by atoms with Crippen molar-refractivity contribution >= 4 is 0 Å². The Hall–Kier alpha value is -0.960. The number of hydrogen-bond acceptors (Lipinski definition) is 3. The van der Waals surface area contributed by atoms with E-state index in [1.165, 1.54) is 6.42 Å². The van der Waals surface area contributed by atoms with Gasteiger partial charge in [-0.2, -0.15) is 0 Å². The van der Waals surface area contributed by atoms with Crippen LogP contribution in [-0.2, 0) is 0 Å². The lowest BCUT2D eigenvalue weighted by Crippen LogP contribution is -2.45. The number of nitrogens with one attached hydrogen (secondary N) is 1. The second kappa shape index (κ2) is 2.29. The molecule has 2 fully saturated rings. The Bertz CT molecular complexity index is 344. The Morgan fingerprint density at radius 3 is 2.92 bits per heavy atom. The van der Waals surface area contributed by atoms with Crippen LogP contribution in [0.2, 0.25) is 0 Å². The first-order valence-electron chi connectivity index (χ1n) is 4.80. The van der Waals surface area contributed by atoms with Crippen molar-refractivity contribution in [3.63, 3.8) is 0 Å². The van der Waals surface area contributed by atoms with Crippen molar-refractivity contribution in [2.24, 2.45) is 5.41 Å². The van der Waals surface area contributed by atoms with Gasteiger partial charge in [-0.05, 0) is 19.4 Å². The van der Waals surface area contributed by atoms with Crippen LogP contribution in [0.15, 0.2) is 12.3 Å². The standard InChI is InChI=1S/C10H13N3/c1-7-2-3-12-9(13-7)8-4-10(8)5-11-6-10/h2-3,8,11H,4-6H2,1H3. The Balaban J connectivity index is 1.87. The van der Waals surface area contributed by atoms with E-state index in [1.807, 2.05) is 19.2 Å². The summed E-state index contributed by atoms with van der Waals surface area (Å²) in [5.74, 6) is 1.69. The molecule has 1 aliphatic carbocycles. The van der Waals surface area contributed by atoms with E-state index in [9.17, 15) is 0 Å². The van der Waals surface area contributed by atoms with E-state index in [0.29, 0.717) is 11.3 Å². The second-order valence-electron chi connectivity index (χ2n) is 4.28. The number of aryl methyl sites for hydroxylation is 1. The van der Waals surface area contributed by atoms with Crippen LogP contribution in [-0.4, -0.2) is 23.1 Å². The van der Waals surface area contributed by atoms with Crippen molar-refractivity contribution in [2.75, 3.05) is 13.1 Å². The van der Waals surface area contributed by atoms with Gasteiger partial charge in [0.25, 0.3) is 0 Å². The van der Waals surface area contributed by atoms with E-state index < -0.39 is 0 Å². The molecule has 3 nitrogen and oxygen atoms in total. The van der Waals surface area contributed by atoms with Crippen LogP contribution in [0, 0.1) is 12.3 Å². The van der Waals surface area contributed by atoms with Crippen LogP contribution >= 0.6 is 0 Å². The van der Waals surface area contributed by atoms with Crippen LogP contribution in [0.5, 0.6) is 0 Å². The molecule has 0 radical (unpaired) electrons. The Labute approximate surface area is 77.6 Å². The average molecular weight is 175 g/mol. The lowest BCUT2D eigenvalue weighted by atomic mass is 9.96. The minimum Gasteiger partial charge on any atom is -0.315 e. The van der Waals surface area contributed by atoms with Gasteiger partial charge in [-0.15, -0.1) is 0 Å². The second-order valence-corrected chi connectivity index (χ2v) is 4.28. The molecular formula is C10H13N3. The van der Waals surface area contributed by atoms with E-state index in [4.69, 9.17) is 0 Å². The predicted molar refractivity (Wildman–Crippen MR) is 49.4 cm³/mol. The lowest BCUT2D eigenvalue weighted by molar-refractivity contribution is 0.309. The maximum atomic E-state index is 4.47. The van der Waals surface area contributed by atoms with Crippen molar-refractivity contribution < 1.29 is 0 Å². The van der Waals surface area contributed by atoms with E-state index in [2.05, 4.69) is 15.3 Å². The molecule has 3 rings (SSSR count). The van der Waals surface area contributed by atoms with Gasteiger partial charge in [-0.25, -0.2) is 9.97 Å². The Morgan fingerprint density at radius 1 is 1.54 bits per heavy atom. The Morgan fingerprint density at radius 2 is 2.38 bits per heavy atom. The van der Waals surface area contributed by atoms with Crippen LogP contribution < -0.4 is 5.32 Å². The highest BCUT2D eigenvalue weighted by Crippen LogP contribution is 2.60. The SMILES string of the molecule is Cc1ccnc(C2CC23CNC3)n1. The highest BCUT2D eigenvalue weighted by atomic mass is 15.1. The number of hydrogen-bond donors (Lipinski definition) is 1. The lowest BCUT2D eigenvalue weighted by Gasteiger charge is -2.28. The minimum absolute atomic E-state index is 0.549. The normalized spacial score (nSPS) is 28.5. The molecule has 68 valence electrons. The third-order valence-electron chi connectivity index (χ3n) is 3.27. The van der Waals surface area contributed by atoms with E-state index in [1.54, 1.807) is 0 Å². The van der Waals surface area contributed by atoms with Crippen LogP contribution in [0.4, 0.5) is 0 Å². The zero-order valence-corrected chi connectivity index (χ0v) is 7.75. The molecule has 1 N–H and O–H groups in total. The van der Waals surface area contributed by atoms with E-state index in [0.717, 1.165) is 24.6 Å². The predicted octanol–water partition coefficient (Wildman–Crippen LogP) is 0.862. The van der Waals surface area contributed by atoms with Gasteiger partial charge in [0.2, 0.25) is 0 Å². The van der Waals surface area contributed by atoms with E-state index in [-0.39, 0.29) is 0 Å². The fourth-order valence-electron chi connectivity index (χ4n) is 2.19. The fourth-order valence-corrected chi connectivity index (χ4v) is 2.19. The zero-order chi connectivity index (χ0) is 8.89. The minimum atomic E-state index is 0.549. The monoisotopic (exact) mass is 175 g/mol. The van der Waals surface area contributed by atoms with Gasteiger partial charge < -0.3 is 5.32 Å². The van der Waals surface area contributed by atoms with Crippen molar-refractivity contribution in [3.05, 3.63) is 23.8 Å². The molecule has 0 aromatic carbocycles.